The van der Waals surface area contributed by atoms with Crippen molar-refractivity contribution in [2.45, 2.75) is 19.8 Å². The maximum atomic E-state index is 12.5. The Bertz CT molecular complexity index is 656. The zero-order chi connectivity index (χ0) is 15.5. The summed E-state index contributed by atoms with van der Waals surface area (Å²) in [7, 11) is -2.97. The molecule has 0 amide bonds. The van der Waals surface area contributed by atoms with E-state index in [-0.39, 0.29) is 0 Å². The van der Waals surface area contributed by atoms with Crippen LogP contribution in [-0.2, 0) is 4.57 Å². The van der Waals surface area contributed by atoms with Gasteiger partial charge < -0.3 is 9.61 Å². The summed E-state index contributed by atoms with van der Waals surface area (Å²) in [5.74, 6) is 1.07. The van der Waals surface area contributed by atoms with Crippen LogP contribution in [0.1, 0.15) is 25.3 Å². The van der Waals surface area contributed by atoms with Crippen molar-refractivity contribution in [1.29, 1.82) is 0 Å². The van der Waals surface area contributed by atoms with Gasteiger partial charge in [-0.3, -0.25) is 4.57 Å². The zero-order valence-electron chi connectivity index (χ0n) is 12.3. The fourth-order valence-corrected chi connectivity index (χ4v) is 3.51. The quantitative estimate of drug-likeness (QED) is 0.669. The molecule has 0 aromatic heterocycles. The summed E-state index contributed by atoms with van der Waals surface area (Å²) in [4.78, 5) is 0. The molecule has 3 nitrogen and oxygen atoms in total. The molecule has 1 N–H and O–H groups in total. The molecule has 2 rings (SSSR count). The lowest BCUT2D eigenvalue weighted by molar-refractivity contribution is 0.493. The lowest BCUT2D eigenvalue weighted by Gasteiger charge is -2.18. The van der Waals surface area contributed by atoms with Crippen molar-refractivity contribution >= 4 is 29.1 Å². The predicted octanol–water partition coefficient (Wildman–Crippen LogP) is 5.89. The molecule has 1 unspecified atom stereocenters. The van der Waals surface area contributed by atoms with Gasteiger partial charge in [-0.25, -0.2) is 0 Å². The molecule has 112 valence electrons. The number of hydrogen-bond donors (Lipinski definition) is 1. The van der Waals surface area contributed by atoms with E-state index in [1.54, 1.807) is 6.66 Å². The van der Waals surface area contributed by atoms with E-state index in [2.05, 4.69) is 34.9 Å². The average molecular weight is 368 g/mol. The van der Waals surface area contributed by atoms with E-state index >= 15 is 0 Å². The Morgan fingerprint density at radius 3 is 2.38 bits per heavy atom. The Labute approximate surface area is 134 Å². The largest absolute Gasteiger partial charge is 0.429 e. The number of benzene rings is 2. The van der Waals surface area contributed by atoms with Gasteiger partial charge >= 0.3 is 7.52 Å². The monoisotopic (exact) mass is 367 g/mol. The third-order valence-electron chi connectivity index (χ3n) is 2.98. The van der Waals surface area contributed by atoms with E-state index in [4.69, 9.17) is 4.52 Å². The molecule has 2 aromatic rings. The molecule has 0 bridgehead atoms. The molecule has 0 aliphatic rings. The molecular formula is C16H19BrNO2P. The first-order valence-corrected chi connectivity index (χ1v) is 9.63. The van der Waals surface area contributed by atoms with Crippen LogP contribution < -0.4 is 9.61 Å². The van der Waals surface area contributed by atoms with Crippen LogP contribution >= 0.6 is 23.4 Å². The molecule has 0 heterocycles. The Hall–Kier alpha value is -1.25. The lowest BCUT2D eigenvalue weighted by atomic mass is 10.0. The Morgan fingerprint density at radius 1 is 1.14 bits per heavy atom. The number of hydrogen-bond acceptors (Lipinski definition) is 2. The first kappa shape index (κ1) is 16.1. The maximum absolute atomic E-state index is 12.5. The topological polar surface area (TPSA) is 38.3 Å². The fraction of sp³-hybridized carbons (Fsp3) is 0.250. The van der Waals surface area contributed by atoms with Gasteiger partial charge in [-0.15, -0.1) is 0 Å². The van der Waals surface area contributed by atoms with Gasteiger partial charge in [0.15, 0.2) is 0 Å². The van der Waals surface area contributed by atoms with Crippen molar-refractivity contribution in [3.63, 3.8) is 0 Å². The maximum Gasteiger partial charge on any atom is 0.338 e. The summed E-state index contributed by atoms with van der Waals surface area (Å²) >= 11 is 3.39. The summed E-state index contributed by atoms with van der Waals surface area (Å²) in [6.45, 7) is 5.84. The molecule has 21 heavy (non-hydrogen) atoms. The van der Waals surface area contributed by atoms with Crippen molar-refractivity contribution in [2.75, 3.05) is 11.8 Å². The molecule has 0 saturated carbocycles. The zero-order valence-corrected chi connectivity index (χ0v) is 14.8. The van der Waals surface area contributed by atoms with Crippen LogP contribution in [0.5, 0.6) is 5.75 Å². The van der Waals surface area contributed by atoms with Crippen LogP contribution in [0.4, 0.5) is 5.69 Å². The molecule has 0 aliphatic heterocycles. The summed E-state index contributed by atoms with van der Waals surface area (Å²) in [5, 5.41) is 2.95. The highest BCUT2D eigenvalue weighted by Crippen LogP contribution is 2.43. The van der Waals surface area contributed by atoms with Gasteiger partial charge in [-0.05, 0) is 41.8 Å². The number of nitrogens with one attached hydrogen (secondary N) is 1. The van der Waals surface area contributed by atoms with Gasteiger partial charge in [0.05, 0.1) is 0 Å². The first-order valence-electron chi connectivity index (χ1n) is 6.77. The Morgan fingerprint density at radius 2 is 1.81 bits per heavy atom. The second-order valence-corrected chi connectivity index (χ2v) is 8.30. The van der Waals surface area contributed by atoms with Crippen molar-refractivity contribution in [1.82, 2.24) is 0 Å². The highest BCUT2D eigenvalue weighted by atomic mass is 79.9. The molecule has 0 radical (unpaired) electrons. The SMILES string of the molecule is CC(C)c1ccc(OP(C)(=O)Nc2cccc(Br)c2)cc1. The average Bonchev–Trinajstić information content (AvgIpc) is 2.38. The van der Waals surface area contributed by atoms with Crippen LogP contribution in [0.15, 0.2) is 53.0 Å². The highest BCUT2D eigenvalue weighted by molar-refractivity contribution is 9.10. The summed E-state index contributed by atoms with van der Waals surface area (Å²) in [6, 6.07) is 15.2. The predicted molar refractivity (Wildman–Crippen MR) is 92.5 cm³/mol. The van der Waals surface area contributed by atoms with Crippen LogP contribution in [-0.4, -0.2) is 6.66 Å². The number of rotatable bonds is 5. The van der Waals surface area contributed by atoms with E-state index < -0.39 is 7.52 Å². The highest BCUT2D eigenvalue weighted by Gasteiger charge is 2.17. The van der Waals surface area contributed by atoms with Gasteiger partial charge in [0.25, 0.3) is 0 Å². The minimum absolute atomic E-state index is 0.465. The van der Waals surface area contributed by atoms with Gasteiger partial charge in [-0.2, -0.15) is 0 Å². The third kappa shape index (κ3) is 4.90. The minimum atomic E-state index is -2.97. The fourth-order valence-electron chi connectivity index (χ4n) is 1.93. The second-order valence-electron chi connectivity index (χ2n) is 5.28. The van der Waals surface area contributed by atoms with Crippen LogP contribution in [0.25, 0.3) is 0 Å². The second kappa shape index (κ2) is 6.67. The van der Waals surface area contributed by atoms with Crippen LogP contribution in [0.3, 0.4) is 0 Å². The smallest absolute Gasteiger partial charge is 0.338 e. The lowest BCUT2D eigenvalue weighted by Crippen LogP contribution is -2.02. The van der Waals surface area contributed by atoms with E-state index in [9.17, 15) is 4.57 Å². The van der Waals surface area contributed by atoms with Crippen molar-refractivity contribution in [3.8, 4) is 5.75 Å². The standard InChI is InChI=1S/C16H19BrNO2P/c1-12(2)13-7-9-16(10-8-13)20-21(3,19)18-15-6-4-5-14(17)11-15/h4-12H,1-3H3,(H,18,19). The Balaban J connectivity index is 2.08. The molecule has 2 aromatic carbocycles. The summed E-state index contributed by atoms with van der Waals surface area (Å²) in [5.41, 5.74) is 1.99. The van der Waals surface area contributed by atoms with E-state index in [0.717, 1.165) is 10.2 Å². The van der Waals surface area contributed by atoms with Crippen LogP contribution in [0.2, 0.25) is 0 Å². The molecule has 1 atom stereocenters. The van der Waals surface area contributed by atoms with Gasteiger partial charge in [0.2, 0.25) is 0 Å². The van der Waals surface area contributed by atoms with Crippen LogP contribution in [0, 0.1) is 0 Å². The van der Waals surface area contributed by atoms with E-state index in [1.807, 2.05) is 48.5 Å². The molecule has 0 saturated heterocycles. The van der Waals surface area contributed by atoms with Crippen molar-refractivity contribution < 1.29 is 9.09 Å². The molecule has 5 heteroatoms. The Kier molecular flexibility index (Phi) is 5.13. The number of halogens is 1. The van der Waals surface area contributed by atoms with Crippen molar-refractivity contribution in [2.24, 2.45) is 0 Å². The van der Waals surface area contributed by atoms with E-state index in [1.165, 1.54) is 5.56 Å². The first-order chi connectivity index (χ1) is 9.85. The van der Waals surface area contributed by atoms with Gasteiger partial charge in [0.1, 0.15) is 5.75 Å². The summed E-state index contributed by atoms with van der Waals surface area (Å²) < 4.78 is 19.1. The van der Waals surface area contributed by atoms with Gasteiger partial charge in [-0.1, -0.05) is 48.0 Å². The van der Waals surface area contributed by atoms with Gasteiger partial charge in [0, 0.05) is 16.8 Å². The third-order valence-corrected chi connectivity index (χ3v) is 4.70. The summed E-state index contributed by atoms with van der Waals surface area (Å²) in [6.07, 6.45) is 0. The number of anilines is 1. The van der Waals surface area contributed by atoms with Crippen molar-refractivity contribution in [3.05, 3.63) is 58.6 Å². The molecular weight excluding hydrogens is 349 g/mol. The molecule has 0 fully saturated rings. The van der Waals surface area contributed by atoms with E-state index in [0.29, 0.717) is 11.7 Å². The minimum Gasteiger partial charge on any atom is -0.429 e. The molecule has 0 spiro atoms. The molecule has 0 aliphatic carbocycles. The normalized spacial score (nSPS) is 13.8.